The second-order valence-corrected chi connectivity index (χ2v) is 6.67. The maximum atomic E-state index is 12.8. The quantitative estimate of drug-likeness (QED) is 0.806. The first-order chi connectivity index (χ1) is 8.38. The van der Waals surface area contributed by atoms with Gasteiger partial charge in [-0.2, -0.15) is 0 Å². The van der Waals surface area contributed by atoms with Gasteiger partial charge < -0.3 is 10.2 Å². The van der Waals surface area contributed by atoms with Gasteiger partial charge in [-0.25, -0.2) is 0 Å². The first-order valence-corrected chi connectivity index (χ1v) is 7.04. The molecule has 2 unspecified atom stereocenters. The number of rotatable bonds is 2. The van der Waals surface area contributed by atoms with E-state index in [-0.39, 0.29) is 23.4 Å². The number of amides is 2. The van der Waals surface area contributed by atoms with Crippen LogP contribution in [0, 0.1) is 5.92 Å². The third-order valence-corrected chi connectivity index (χ3v) is 5.22. The van der Waals surface area contributed by atoms with Crippen molar-refractivity contribution in [3.8, 4) is 0 Å². The Kier molecular flexibility index (Phi) is 2.32. The van der Waals surface area contributed by atoms with E-state index in [1.165, 1.54) is 0 Å². The third-order valence-electron chi connectivity index (χ3n) is 5.22. The van der Waals surface area contributed by atoms with Gasteiger partial charge >= 0.3 is 0 Å². The van der Waals surface area contributed by atoms with Crippen molar-refractivity contribution in [3.05, 3.63) is 0 Å². The highest BCUT2D eigenvalue weighted by atomic mass is 16.2. The zero-order chi connectivity index (χ0) is 13.1. The van der Waals surface area contributed by atoms with E-state index >= 15 is 0 Å². The molecule has 0 spiro atoms. The molecule has 0 aromatic carbocycles. The van der Waals surface area contributed by atoms with E-state index < -0.39 is 5.54 Å². The fourth-order valence-corrected chi connectivity index (χ4v) is 3.54. The van der Waals surface area contributed by atoms with Crippen LogP contribution < -0.4 is 5.32 Å². The molecular formula is C14H22N2O2. The molecule has 100 valence electrons. The Bertz CT molecular complexity index is 412. The fourth-order valence-electron chi connectivity index (χ4n) is 3.54. The number of carbonyl (C=O) groups excluding carboxylic acids is 2. The molecule has 4 heteroatoms. The van der Waals surface area contributed by atoms with Crippen LogP contribution in [0.2, 0.25) is 0 Å². The summed E-state index contributed by atoms with van der Waals surface area (Å²) in [6.45, 7) is 5.88. The molecule has 2 atom stereocenters. The van der Waals surface area contributed by atoms with Crippen LogP contribution in [0.1, 0.15) is 52.9 Å². The molecule has 3 aliphatic rings. The lowest BCUT2D eigenvalue weighted by molar-refractivity contribution is -0.166. The SMILES string of the molecule is CC1C(=O)NC(C)(C2CC2)C(=O)N1C1(C)CCC1. The van der Waals surface area contributed by atoms with Crippen LogP contribution in [-0.2, 0) is 9.59 Å². The van der Waals surface area contributed by atoms with Crippen LogP contribution in [-0.4, -0.2) is 33.8 Å². The van der Waals surface area contributed by atoms with E-state index in [1.807, 2.05) is 18.7 Å². The van der Waals surface area contributed by atoms with E-state index in [1.54, 1.807) is 0 Å². The van der Waals surface area contributed by atoms with Crippen LogP contribution in [0.5, 0.6) is 0 Å². The van der Waals surface area contributed by atoms with E-state index in [0.717, 1.165) is 32.1 Å². The molecule has 18 heavy (non-hydrogen) atoms. The summed E-state index contributed by atoms with van der Waals surface area (Å²) >= 11 is 0. The molecule has 0 bridgehead atoms. The highest BCUT2D eigenvalue weighted by Crippen LogP contribution is 2.46. The first kappa shape index (κ1) is 12.0. The van der Waals surface area contributed by atoms with Crippen molar-refractivity contribution in [1.29, 1.82) is 0 Å². The molecule has 1 heterocycles. The van der Waals surface area contributed by atoms with Crippen molar-refractivity contribution in [3.63, 3.8) is 0 Å². The molecule has 4 nitrogen and oxygen atoms in total. The van der Waals surface area contributed by atoms with Crippen LogP contribution in [0.4, 0.5) is 0 Å². The lowest BCUT2D eigenvalue weighted by atomic mass is 9.74. The number of nitrogens with zero attached hydrogens (tertiary/aromatic N) is 1. The molecule has 0 aromatic heterocycles. The van der Waals surface area contributed by atoms with Crippen molar-refractivity contribution >= 4 is 11.8 Å². The lowest BCUT2D eigenvalue weighted by Crippen LogP contribution is -2.74. The zero-order valence-electron chi connectivity index (χ0n) is 11.5. The average Bonchev–Trinajstić information content (AvgIpc) is 3.08. The third kappa shape index (κ3) is 1.44. The smallest absolute Gasteiger partial charge is 0.249 e. The Morgan fingerprint density at radius 3 is 2.28 bits per heavy atom. The Hall–Kier alpha value is -1.06. The average molecular weight is 250 g/mol. The van der Waals surface area contributed by atoms with Crippen molar-refractivity contribution in [2.75, 3.05) is 0 Å². The molecule has 0 aromatic rings. The monoisotopic (exact) mass is 250 g/mol. The number of nitrogens with one attached hydrogen (secondary N) is 1. The molecular weight excluding hydrogens is 228 g/mol. The minimum absolute atomic E-state index is 0.0112. The summed E-state index contributed by atoms with van der Waals surface area (Å²) in [7, 11) is 0. The summed E-state index contributed by atoms with van der Waals surface area (Å²) < 4.78 is 0. The van der Waals surface area contributed by atoms with Gasteiger partial charge in [0, 0.05) is 5.54 Å². The maximum Gasteiger partial charge on any atom is 0.249 e. The molecule has 1 aliphatic heterocycles. The number of hydrogen-bond donors (Lipinski definition) is 1. The van der Waals surface area contributed by atoms with Gasteiger partial charge in [-0.3, -0.25) is 9.59 Å². The largest absolute Gasteiger partial charge is 0.340 e. The van der Waals surface area contributed by atoms with Crippen LogP contribution in [0.25, 0.3) is 0 Å². The van der Waals surface area contributed by atoms with Crippen molar-refractivity contribution in [2.45, 2.75) is 70.0 Å². The Balaban J connectivity index is 1.95. The second kappa shape index (κ2) is 3.49. The Labute approximate surface area is 108 Å². The normalized spacial score (nSPS) is 39.3. The summed E-state index contributed by atoms with van der Waals surface area (Å²) in [5, 5.41) is 2.97. The summed E-state index contributed by atoms with van der Waals surface area (Å²) in [6.07, 6.45) is 5.33. The van der Waals surface area contributed by atoms with Crippen molar-refractivity contribution in [1.82, 2.24) is 10.2 Å². The number of piperazine rings is 1. The topological polar surface area (TPSA) is 49.4 Å². The number of carbonyl (C=O) groups is 2. The molecule has 3 fully saturated rings. The Morgan fingerprint density at radius 1 is 1.22 bits per heavy atom. The molecule has 3 rings (SSSR count). The Morgan fingerprint density at radius 2 is 1.83 bits per heavy atom. The van der Waals surface area contributed by atoms with E-state index in [0.29, 0.717) is 5.92 Å². The van der Waals surface area contributed by atoms with Gasteiger partial charge in [0.1, 0.15) is 11.6 Å². The number of hydrogen-bond acceptors (Lipinski definition) is 2. The van der Waals surface area contributed by atoms with E-state index in [4.69, 9.17) is 0 Å². The predicted octanol–water partition coefficient (Wildman–Crippen LogP) is 1.44. The highest BCUT2D eigenvalue weighted by Gasteiger charge is 2.58. The van der Waals surface area contributed by atoms with Gasteiger partial charge in [0.05, 0.1) is 0 Å². The van der Waals surface area contributed by atoms with Crippen molar-refractivity contribution < 1.29 is 9.59 Å². The van der Waals surface area contributed by atoms with Gasteiger partial charge in [0.15, 0.2) is 0 Å². The van der Waals surface area contributed by atoms with Crippen LogP contribution in [0.15, 0.2) is 0 Å². The van der Waals surface area contributed by atoms with Gasteiger partial charge in [-0.1, -0.05) is 0 Å². The maximum absolute atomic E-state index is 12.8. The predicted molar refractivity (Wildman–Crippen MR) is 67.8 cm³/mol. The lowest BCUT2D eigenvalue weighted by Gasteiger charge is -2.55. The summed E-state index contributed by atoms with van der Waals surface area (Å²) in [4.78, 5) is 26.9. The van der Waals surface area contributed by atoms with Crippen molar-refractivity contribution in [2.24, 2.45) is 5.92 Å². The molecule has 2 saturated carbocycles. The van der Waals surface area contributed by atoms with Gasteiger partial charge in [-0.15, -0.1) is 0 Å². The molecule has 1 saturated heterocycles. The first-order valence-electron chi connectivity index (χ1n) is 7.04. The molecule has 2 amide bonds. The van der Waals surface area contributed by atoms with E-state index in [9.17, 15) is 9.59 Å². The zero-order valence-corrected chi connectivity index (χ0v) is 11.5. The van der Waals surface area contributed by atoms with Crippen LogP contribution in [0.3, 0.4) is 0 Å². The molecule has 2 aliphatic carbocycles. The van der Waals surface area contributed by atoms with Gasteiger partial charge in [-0.05, 0) is 58.8 Å². The summed E-state index contributed by atoms with van der Waals surface area (Å²) in [6, 6.07) is -0.324. The van der Waals surface area contributed by atoms with Crippen LogP contribution >= 0.6 is 0 Å². The summed E-state index contributed by atoms with van der Waals surface area (Å²) in [5.74, 6) is 0.490. The highest BCUT2D eigenvalue weighted by molar-refractivity contribution is 6.00. The molecule has 0 radical (unpaired) electrons. The van der Waals surface area contributed by atoms with Gasteiger partial charge in [0.25, 0.3) is 0 Å². The molecule has 1 N–H and O–H groups in total. The van der Waals surface area contributed by atoms with E-state index in [2.05, 4.69) is 12.2 Å². The van der Waals surface area contributed by atoms with Gasteiger partial charge in [0.2, 0.25) is 11.8 Å². The minimum atomic E-state index is -0.651. The minimum Gasteiger partial charge on any atom is -0.340 e. The second-order valence-electron chi connectivity index (χ2n) is 6.67. The summed E-state index contributed by atoms with van der Waals surface area (Å²) in [5.41, 5.74) is -0.743. The fraction of sp³-hybridized carbons (Fsp3) is 0.857. The standard InChI is InChI=1S/C14H22N2O2/c1-9-11(17)15-14(3,10-5-6-10)12(18)16(9)13(2)7-4-8-13/h9-10H,4-8H2,1-3H3,(H,15,17).